The van der Waals surface area contributed by atoms with Crippen LogP contribution in [0.4, 0.5) is 0 Å². The molecule has 1 aromatic heterocycles. The second-order valence-electron chi connectivity index (χ2n) is 7.02. The Morgan fingerprint density at radius 1 is 1.12 bits per heavy atom. The van der Waals surface area contributed by atoms with E-state index in [1.54, 1.807) is 23.1 Å². The molecular weight excluding hydrogens is 352 g/mol. The third-order valence-corrected chi connectivity index (χ3v) is 5.29. The molecule has 1 aromatic carbocycles. The topological polar surface area (TPSA) is 62.6 Å². The molecule has 4 rings (SSSR count). The molecule has 2 fully saturated rings. The van der Waals surface area contributed by atoms with Crippen LogP contribution in [0.25, 0.3) is 11.3 Å². The fourth-order valence-corrected chi connectivity index (χ4v) is 3.57. The molecule has 2 heterocycles. The van der Waals surface area contributed by atoms with Crippen LogP contribution >= 0.6 is 11.6 Å². The predicted molar refractivity (Wildman–Crippen MR) is 98.9 cm³/mol. The van der Waals surface area contributed by atoms with Crippen LogP contribution in [0.5, 0.6) is 0 Å². The molecule has 0 spiro atoms. The van der Waals surface area contributed by atoms with E-state index >= 15 is 0 Å². The second kappa shape index (κ2) is 7.16. The number of carbonyl (C=O) groups is 2. The van der Waals surface area contributed by atoms with Gasteiger partial charge < -0.3 is 14.6 Å². The number of furan rings is 1. The van der Waals surface area contributed by atoms with Gasteiger partial charge in [-0.2, -0.15) is 0 Å². The minimum atomic E-state index is -0.174. The van der Waals surface area contributed by atoms with Gasteiger partial charge in [-0.1, -0.05) is 23.7 Å². The predicted octanol–water partition coefficient (Wildman–Crippen LogP) is 3.73. The Labute approximate surface area is 157 Å². The van der Waals surface area contributed by atoms with Crippen molar-refractivity contribution in [2.45, 2.75) is 31.7 Å². The van der Waals surface area contributed by atoms with Gasteiger partial charge in [-0.05, 0) is 49.9 Å². The summed E-state index contributed by atoms with van der Waals surface area (Å²) in [5, 5.41) is 3.62. The standard InChI is InChI=1S/C20H21ClN2O3/c21-16-6-2-1-5-15(16)17-9-10-18(26-17)20(25)23-11-3-4-13(12-23)19(24)22-14-7-8-14/h1-2,5-6,9-10,13-14H,3-4,7-8,11-12H2,(H,22,24). The summed E-state index contributed by atoms with van der Waals surface area (Å²) in [5.74, 6) is 0.613. The highest BCUT2D eigenvalue weighted by Crippen LogP contribution is 2.30. The van der Waals surface area contributed by atoms with Gasteiger partial charge in [0.15, 0.2) is 5.76 Å². The molecule has 5 nitrogen and oxygen atoms in total. The molecule has 26 heavy (non-hydrogen) atoms. The molecule has 0 radical (unpaired) electrons. The molecule has 1 atom stereocenters. The number of hydrogen-bond acceptors (Lipinski definition) is 3. The zero-order valence-electron chi connectivity index (χ0n) is 14.4. The van der Waals surface area contributed by atoms with E-state index < -0.39 is 0 Å². The number of nitrogens with one attached hydrogen (secondary N) is 1. The van der Waals surface area contributed by atoms with Crippen LogP contribution in [0.3, 0.4) is 0 Å². The number of halogens is 1. The Morgan fingerprint density at radius 3 is 2.69 bits per heavy atom. The lowest BCUT2D eigenvalue weighted by atomic mass is 9.97. The first kappa shape index (κ1) is 17.2. The minimum Gasteiger partial charge on any atom is -0.451 e. The Morgan fingerprint density at radius 2 is 1.92 bits per heavy atom. The maximum Gasteiger partial charge on any atom is 0.289 e. The van der Waals surface area contributed by atoms with Gasteiger partial charge in [0, 0.05) is 24.7 Å². The maximum absolute atomic E-state index is 12.8. The summed E-state index contributed by atoms with van der Waals surface area (Å²) < 4.78 is 5.76. The van der Waals surface area contributed by atoms with Gasteiger partial charge in [0.1, 0.15) is 5.76 Å². The average Bonchev–Trinajstić information content (AvgIpc) is 3.34. The largest absolute Gasteiger partial charge is 0.451 e. The molecule has 1 saturated carbocycles. The summed E-state index contributed by atoms with van der Waals surface area (Å²) in [7, 11) is 0. The fourth-order valence-electron chi connectivity index (χ4n) is 3.34. The average molecular weight is 373 g/mol. The Balaban J connectivity index is 1.45. The minimum absolute atomic E-state index is 0.0706. The summed E-state index contributed by atoms with van der Waals surface area (Å²) in [5.41, 5.74) is 0.758. The summed E-state index contributed by atoms with van der Waals surface area (Å²) in [6.45, 7) is 1.09. The monoisotopic (exact) mass is 372 g/mol. The van der Waals surface area contributed by atoms with E-state index in [1.165, 1.54) is 0 Å². The third kappa shape index (κ3) is 3.63. The third-order valence-electron chi connectivity index (χ3n) is 4.96. The van der Waals surface area contributed by atoms with Crippen molar-refractivity contribution in [1.82, 2.24) is 10.2 Å². The van der Waals surface area contributed by atoms with Crippen molar-refractivity contribution in [2.75, 3.05) is 13.1 Å². The first-order valence-corrected chi connectivity index (χ1v) is 9.44. The zero-order chi connectivity index (χ0) is 18.1. The van der Waals surface area contributed by atoms with Crippen molar-refractivity contribution < 1.29 is 14.0 Å². The molecule has 2 aliphatic rings. The molecule has 136 valence electrons. The van der Waals surface area contributed by atoms with Crippen LogP contribution in [0, 0.1) is 5.92 Å². The molecule has 1 saturated heterocycles. The van der Waals surface area contributed by atoms with Gasteiger partial charge in [-0.15, -0.1) is 0 Å². The molecule has 1 N–H and O–H groups in total. The van der Waals surface area contributed by atoms with Crippen molar-refractivity contribution in [2.24, 2.45) is 5.92 Å². The lowest BCUT2D eigenvalue weighted by molar-refractivity contribution is -0.126. The number of rotatable bonds is 4. The highest BCUT2D eigenvalue weighted by Gasteiger charge is 2.33. The van der Waals surface area contributed by atoms with Crippen LogP contribution < -0.4 is 5.32 Å². The Bertz CT molecular complexity index is 828. The van der Waals surface area contributed by atoms with Crippen LogP contribution in [0.2, 0.25) is 5.02 Å². The quantitative estimate of drug-likeness (QED) is 0.889. The summed E-state index contributed by atoms with van der Waals surface area (Å²) in [6.07, 6.45) is 3.79. The van der Waals surface area contributed by atoms with Crippen molar-refractivity contribution in [3.8, 4) is 11.3 Å². The van der Waals surface area contributed by atoms with E-state index in [4.69, 9.17) is 16.0 Å². The Kier molecular flexibility index (Phi) is 4.72. The van der Waals surface area contributed by atoms with Gasteiger partial charge in [0.25, 0.3) is 5.91 Å². The molecule has 1 aliphatic carbocycles. The molecule has 1 aliphatic heterocycles. The number of nitrogens with zero attached hydrogens (tertiary/aromatic N) is 1. The number of hydrogen-bond donors (Lipinski definition) is 1. The molecular formula is C20H21ClN2O3. The van der Waals surface area contributed by atoms with E-state index in [0.717, 1.165) is 31.2 Å². The summed E-state index contributed by atoms with van der Waals surface area (Å²) >= 11 is 6.20. The zero-order valence-corrected chi connectivity index (χ0v) is 15.2. The molecule has 2 aromatic rings. The number of amides is 2. The highest BCUT2D eigenvalue weighted by molar-refractivity contribution is 6.33. The van der Waals surface area contributed by atoms with E-state index in [0.29, 0.717) is 29.9 Å². The summed E-state index contributed by atoms with van der Waals surface area (Å²) in [6, 6.07) is 11.1. The van der Waals surface area contributed by atoms with Crippen molar-refractivity contribution in [1.29, 1.82) is 0 Å². The lowest BCUT2D eigenvalue weighted by Crippen LogP contribution is -2.45. The molecule has 2 amide bonds. The fraction of sp³-hybridized carbons (Fsp3) is 0.400. The van der Waals surface area contributed by atoms with Gasteiger partial charge in [0.2, 0.25) is 5.91 Å². The SMILES string of the molecule is O=C(NC1CC1)C1CCCN(C(=O)c2ccc(-c3ccccc3Cl)o2)C1. The molecule has 1 unspecified atom stereocenters. The first-order chi connectivity index (χ1) is 12.6. The van der Waals surface area contributed by atoms with Gasteiger partial charge in [-0.3, -0.25) is 9.59 Å². The van der Waals surface area contributed by atoms with Crippen molar-refractivity contribution >= 4 is 23.4 Å². The Hall–Kier alpha value is -2.27. The summed E-state index contributed by atoms with van der Waals surface area (Å²) in [4.78, 5) is 26.8. The molecule has 0 bridgehead atoms. The number of piperidine rings is 1. The van der Waals surface area contributed by atoms with Crippen LogP contribution in [0.15, 0.2) is 40.8 Å². The highest BCUT2D eigenvalue weighted by atomic mass is 35.5. The second-order valence-corrected chi connectivity index (χ2v) is 7.42. The smallest absolute Gasteiger partial charge is 0.289 e. The molecule has 6 heteroatoms. The van der Waals surface area contributed by atoms with Gasteiger partial charge in [-0.25, -0.2) is 0 Å². The maximum atomic E-state index is 12.8. The van der Waals surface area contributed by atoms with E-state index in [9.17, 15) is 9.59 Å². The lowest BCUT2D eigenvalue weighted by Gasteiger charge is -2.31. The number of carbonyl (C=O) groups excluding carboxylic acids is 2. The van der Waals surface area contributed by atoms with E-state index in [1.807, 2.05) is 18.2 Å². The number of likely N-dealkylation sites (tertiary alicyclic amines) is 1. The van der Waals surface area contributed by atoms with Gasteiger partial charge in [0.05, 0.1) is 10.9 Å². The van der Waals surface area contributed by atoms with Crippen LogP contribution in [-0.4, -0.2) is 35.8 Å². The van der Waals surface area contributed by atoms with E-state index in [-0.39, 0.29) is 23.5 Å². The number of benzene rings is 1. The first-order valence-electron chi connectivity index (χ1n) is 9.06. The van der Waals surface area contributed by atoms with E-state index in [2.05, 4.69) is 5.32 Å². The van der Waals surface area contributed by atoms with Crippen LogP contribution in [-0.2, 0) is 4.79 Å². The van der Waals surface area contributed by atoms with Crippen LogP contribution in [0.1, 0.15) is 36.2 Å². The van der Waals surface area contributed by atoms with Gasteiger partial charge >= 0.3 is 0 Å². The van der Waals surface area contributed by atoms with Crippen molar-refractivity contribution in [3.63, 3.8) is 0 Å². The van der Waals surface area contributed by atoms with Crippen molar-refractivity contribution in [3.05, 3.63) is 47.2 Å². The normalized spacial score (nSPS) is 20.0.